The second-order valence-electron chi connectivity index (χ2n) is 4.96. The van der Waals surface area contributed by atoms with Gasteiger partial charge in [0.1, 0.15) is 0 Å². The maximum atomic E-state index is 12.8. The molecule has 0 aliphatic rings. The van der Waals surface area contributed by atoms with Gasteiger partial charge in [-0.25, -0.2) is 9.36 Å². The van der Waals surface area contributed by atoms with Crippen LogP contribution in [-0.2, 0) is 6.54 Å². The van der Waals surface area contributed by atoms with E-state index in [0.29, 0.717) is 28.2 Å². The molecule has 0 aliphatic heterocycles. The molecule has 0 amide bonds. The third-order valence-corrected chi connectivity index (χ3v) is 4.21. The highest BCUT2D eigenvalue weighted by Crippen LogP contribution is 2.18. The van der Waals surface area contributed by atoms with Crippen LogP contribution in [0, 0.1) is 0 Å². The number of hydrogen-bond donors (Lipinski definition) is 0. The molecule has 3 rings (SSSR count). The van der Waals surface area contributed by atoms with E-state index in [1.165, 1.54) is 4.57 Å². The zero-order valence-electron chi connectivity index (χ0n) is 12.0. The molecule has 0 radical (unpaired) electrons. The van der Waals surface area contributed by atoms with E-state index in [2.05, 4.69) is 22.5 Å². The molecule has 0 fully saturated rings. The van der Waals surface area contributed by atoms with Gasteiger partial charge in [-0.05, 0) is 36.4 Å². The van der Waals surface area contributed by atoms with E-state index in [0.717, 1.165) is 9.04 Å². The highest BCUT2D eigenvalue weighted by Gasteiger charge is 2.14. The van der Waals surface area contributed by atoms with Crippen molar-refractivity contribution in [2.75, 3.05) is 0 Å². The minimum Gasteiger partial charge on any atom is -0.289 e. The van der Waals surface area contributed by atoms with Crippen LogP contribution in [0.25, 0.3) is 16.6 Å². The standard InChI is InChI=1S/C17H12BrClN2O2/c1-2-8-20-15-7-6-11(18)9-14(15)16(22)21(17(20)23)13-5-3-4-12(19)10-13/h2-7,9-10H,1,8H2. The Morgan fingerprint density at radius 3 is 2.65 bits per heavy atom. The second kappa shape index (κ2) is 6.18. The molecule has 0 saturated heterocycles. The zero-order valence-corrected chi connectivity index (χ0v) is 14.3. The lowest BCUT2D eigenvalue weighted by atomic mass is 10.2. The van der Waals surface area contributed by atoms with Crippen molar-refractivity contribution in [1.82, 2.24) is 9.13 Å². The summed E-state index contributed by atoms with van der Waals surface area (Å²) in [6, 6.07) is 11.9. The zero-order chi connectivity index (χ0) is 16.6. The van der Waals surface area contributed by atoms with Gasteiger partial charge >= 0.3 is 5.69 Å². The first-order valence-electron chi connectivity index (χ1n) is 6.85. The van der Waals surface area contributed by atoms with Gasteiger partial charge in [-0.1, -0.05) is 39.7 Å². The summed E-state index contributed by atoms with van der Waals surface area (Å²) in [6.07, 6.45) is 1.62. The molecule has 3 aromatic rings. The quantitative estimate of drug-likeness (QED) is 0.638. The van der Waals surface area contributed by atoms with E-state index in [-0.39, 0.29) is 5.56 Å². The van der Waals surface area contributed by atoms with Crippen molar-refractivity contribution in [3.63, 3.8) is 0 Å². The molecule has 6 heteroatoms. The fourth-order valence-electron chi connectivity index (χ4n) is 2.49. The van der Waals surface area contributed by atoms with E-state index in [1.54, 1.807) is 48.5 Å². The van der Waals surface area contributed by atoms with E-state index in [1.807, 2.05) is 0 Å². The normalized spacial score (nSPS) is 10.9. The van der Waals surface area contributed by atoms with Gasteiger partial charge in [0, 0.05) is 16.0 Å². The summed E-state index contributed by atoms with van der Waals surface area (Å²) in [4.78, 5) is 25.6. The Bertz CT molecular complexity index is 1040. The maximum Gasteiger partial charge on any atom is 0.336 e. The topological polar surface area (TPSA) is 44.0 Å². The smallest absolute Gasteiger partial charge is 0.289 e. The monoisotopic (exact) mass is 390 g/mol. The lowest BCUT2D eigenvalue weighted by molar-refractivity contribution is 0.727. The summed E-state index contributed by atoms with van der Waals surface area (Å²) < 4.78 is 3.41. The van der Waals surface area contributed by atoms with Crippen LogP contribution in [0.3, 0.4) is 0 Å². The minimum atomic E-state index is -0.424. The molecular formula is C17H12BrClN2O2. The molecule has 2 aromatic carbocycles. The Labute approximate surface area is 145 Å². The Kier molecular flexibility index (Phi) is 4.24. The van der Waals surface area contributed by atoms with Crippen molar-refractivity contribution in [2.45, 2.75) is 6.54 Å². The van der Waals surface area contributed by atoms with Gasteiger partial charge in [0.25, 0.3) is 5.56 Å². The molecule has 0 spiro atoms. The molecule has 0 N–H and O–H groups in total. The Morgan fingerprint density at radius 1 is 1.17 bits per heavy atom. The van der Waals surface area contributed by atoms with E-state index in [4.69, 9.17) is 11.6 Å². The summed E-state index contributed by atoms with van der Waals surface area (Å²) in [6.45, 7) is 3.99. The Morgan fingerprint density at radius 2 is 1.96 bits per heavy atom. The Balaban J connectivity index is 2.49. The fraction of sp³-hybridized carbons (Fsp3) is 0.0588. The largest absolute Gasteiger partial charge is 0.336 e. The van der Waals surface area contributed by atoms with Gasteiger partial charge in [0.05, 0.1) is 16.6 Å². The first-order chi connectivity index (χ1) is 11.0. The molecule has 4 nitrogen and oxygen atoms in total. The van der Waals surface area contributed by atoms with Crippen molar-refractivity contribution in [1.29, 1.82) is 0 Å². The number of hydrogen-bond acceptors (Lipinski definition) is 2. The maximum absolute atomic E-state index is 12.8. The summed E-state index contributed by atoms with van der Waals surface area (Å²) in [5, 5.41) is 0.902. The molecule has 0 bridgehead atoms. The predicted octanol–water partition coefficient (Wildman–Crippen LogP) is 3.75. The number of benzene rings is 2. The first-order valence-corrected chi connectivity index (χ1v) is 8.02. The molecule has 116 valence electrons. The van der Waals surface area contributed by atoms with Crippen LogP contribution >= 0.6 is 27.5 Å². The highest BCUT2D eigenvalue weighted by molar-refractivity contribution is 9.10. The first kappa shape index (κ1) is 15.8. The third-order valence-electron chi connectivity index (χ3n) is 3.48. The minimum absolute atomic E-state index is 0.303. The van der Waals surface area contributed by atoms with Crippen LogP contribution in [-0.4, -0.2) is 9.13 Å². The average molecular weight is 392 g/mol. The van der Waals surface area contributed by atoms with Crippen molar-refractivity contribution in [3.8, 4) is 5.69 Å². The number of aromatic nitrogens is 2. The van der Waals surface area contributed by atoms with Crippen LogP contribution in [0.4, 0.5) is 0 Å². The number of allylic oxidation sites excluding steroid dienone is 1. The van der Waals surface area contributed by atoms with Crippen LogP contribution in [0.5, 0.6) is 0 Å². The van der Waals surface area contributed by atoms with Gasteiger partial charge in [-0.15, -0.1) is 6.58 Å². The summed E-state index contributed by atoms with van der Waals surface area (Å²) in [5.74, 6) is 0. The molecule has 0 unspecified atom stereocenters. The second-order valence-corrected chi connectivity index (χ2v) is 6.32. The van der Waals surface area contributed by atoms with Gasteiger partial charge in [0.2, 0.25) is 0 Å². The van der Waals surface area contributed by atoms with Crippen molar-refractivity contribution >= 4 is 38.4 Å². The van der Waals surface area contributed by atoms with Crippen molar-refractivity contribution < 1.29 is 0 Å². The lowest BCUT2D eigenvalue weighted by Crippen LogP contribution is -2.38. The van der Waals surface area contributed by atoms with Crippen LogP contribution in [0.1, 0.15) is 0 Å². The fourth-order valence-corrected chi connectivity index (χ4v) is 3.04. The van der Waals surface area contributed by atoms with E-state index >= 15 is 0 Å². The SMILES string of the molecule is C=CCn1c(=O)n(-c2cccc(Cl)c2)c(=O)c2cc(Br)ccc21. The van der Waals surface area contributed by atoms with Crippen molar-refractivity contribution in [2.24, 2.45) is 0 Å². The Hall–Kier alpha value is -2.11. The summed E-state index contributed by atoms with van der Waals surface area (Å²) >= 11 is 9.36. The molecule has 1 heterocycles. The number of fused-ring (bicyclic) bond motifs is 1. The third kappa shape index (κ3) is 2.78. The van der Waals surface area contributed by atoms with Gasteiger partial charge < -0.3 is 0 Å². The number of rotatable bonds is 3. The van der Waals surface area contributed by atoms with Gasteiger partial charge in [0.15, 0.2) is 0 Å². The molecule has 1 aromatic heterocycles. The predicted molar refractivity (Wildman–Crippen MR) is 96.7 cm³/mol. The average Bonchev–Trinajstić information content (AvgIpc) is 2.52. The summed E-state index contributed by atoms with van der Waals surface area (Å²) in [7, 11) is 0. The van der Waals surface area contributed by atoms with Crippen molar-refractivity contribution in [3.05, 3.63) is 85.5 Å². The molecule has 23 heavy (non-hydrogen) atoms. The molecule has 0 aliphatic carbocycles. The summed E-state index contributed by atoms with van der Waals surface area (Å²) in [5.41, 5.74) is 0.203. The van der Waals surface area contributed by atoms with Gasteiger partial charge in [-0.2, -0.15) is 0 Å². The van der Waals surface area contributed by atoms with E-state index < -0.39 is 5.69 Å². The molecule has 0 saturated carbocycles. The number of halogens is 2. The lowest BCUT2D eigenvalue weighted by Gasteiger charge is -2.13. The molecule has 0 atom stereocenters. The van der Waals surface area contributed by atoms with Crippen LogP contribution in [0.15, 0.2) is 69.2 Å². The highest BCUT2D eigenvalue weighted by atomic mass is 79.9. The van der Waals surface area contributed by atoms with Crippen LogP contribution < -0.4 is 11.2 Å². The van der Waals surface area contributed by atoms with Crippen LogP contribution in [0.2, 0.25) is 5.02 Å². The van der Waals surface area contributed by atoms with Gasteiger partial charge in [-0.3, -0.25) is 9.36 Å². The van der Waals surface area contributed by atoms with E-state index in [9.17, 15) is 9.59 Å². The molecular weight excluding hydrogens is 380 g/mol. The number of nitrogens with zero attached hydrogens (tertiary/aromatic N) is 2.